The third-order valence-electron chi connectivity index (χ3n) is 4.39. The molecule has 5 heteroatoms. The molecule has 2 aliphatic rings. The number of fused-ring (bicyclic) bond motifs is 1. The summed E-state index contributed by atoms with van der Waals surface area (Å²) in [5.41, 5.74) is 8.17. The van der Waals surface area contributed by atoms with Crippen molar-refractivity contribution in [1.29, 1.82) is 0 Å². The van der Waals surface area contributed by atoms with Gasteiger partial charge in [-0.25, -0.2) is 4.79 Å². The van der Waals surface area contributed by atoms with Crippen molar-refractivity contribution < 1.29 is 4.79 Å². The van der Waals surface area contributed by atoms with E-state index in [0.717, 1.165) is 30.6 Å². The zero-order chi connectivity index (χ0) is 13.5. The molecule has 2 fully saturated rings. The lowest BCUT2D eigenvalue weighted by Crippen LogP contribution is -2.55. The monoisotopic (exact) mass is 260 g/mol. The average Bonchev–Trinajstić information content (AvgIpc) is 2.60. The van der Waals surface area contributed by atoms with Crippen molar-refractivity contribution in [3.63, 3.8) is 0 Å². The number of pyridine rings is 1. The largest absolute Gasteiger partial charge is 0.334 e. The molecular weight excluding hydrogens is 240 g/mol. The molecule has 1 aromatic rings. The number of nitrogens with two attached hydrogens (primary N) is 1. The maximum Gasteiger partial charge on any atom is 0.317 e. The van der Waals surface area contributed by atoms with Crippen LogP contribution in [0.4, 0.5) is 4.79 Å². The number of hydrogen-bond acceptors (Lipinski definition) is 3. The molecule has 3 rings (SSSR count). The molecule has 2 amide bonds. The molecule has 0 bridgehead atoms. The summed E-state index contributed by atoms with van der Waals surface area (Å²) in [5.74, 6) is 0.501. The Morgan fingerprint density at radius 3 is 3.11 bits per heavy atom. The Morgan fingerprint density at radius 1 is 1.68 bits per heavy atom. The minimum Gasteiger partial charge on any atom is -0.334 e. The van der Waals surface area contributed by atoms with Gasteiger partial charge in [-0.1, -0.05) is 0 Å². The SMILES string of the molecule is Cc1cc(CNC(=O)N2C[C@@H]3CC[C@]3(N)C2)ccn1. The number of carbonyl (C=O) groups excluding carboxylic acids is 1. The maximum absolute atomic E-state index is 12.1. The lowest BCUT2D eigenvalue weighted by Gasteiger charge is -2.39. The van der Waals surface area contributed by atoms with E-state index >= 15 is 0 Å². The molecule has 0 spiro atoms. The number of urea groups is 1. The van der Waals surface area contributed by atoms with E-state index in [-0.39, 0.29) is 11.6 Å². The second kappa shape index (κ2) is 4.49. The Balaban J connectivity index is 1.55. The average molecular weight is 260 g/mol. The van der Waals surface area contributed by atoms with Gasteiger partial charge in [0.1, 0.15) is 0 Å². The minimum absolute atomic E-state index is 0.00584. The number of aryl methyl sites for hydroxylation is 1. The molecule has 1 aliphatic heterocycles. The summed E-state index contributed by atoms with van der Waals surface area (Å²) >= 11 is 0. The molecule has 19 heavy (non-hydrogen) atoms. The summed E-state index contributed by atoms with van der Waals surface area (Å²) in [7, 11) is 0. The first-order valence-corrected chi connectivity index (χ1v) is 6.80. The van der Waals surface area contributed by atoms with Crippen LogP contribution in [0.1, 0.15) is 24.1 Å². The molecule has 0 unspecified atom stereocenters. The fourth-order valence-corrected chi connectivity index (χ4v) is 3.04. The molecule has 2 heterocycles. The Kier molecular flexibility index (Phi) is 2.93. The van der Waals surface area contributed by atoms with Gasteiger partial charge in [0.25, 0.3) is 0 Å². The first kappa shape index (κ1) is 12.4. The van der Waals surface area contributed by atoms with Gasteiger partial charge in [-0.2, -0.15) is 0 Å². The predicted molar refractivity (Wildman–Crippen MR) is 72.4 cm³/mol. The van der Waals surface area contributed by atoms with Gasteiger partial charge in [-0.3, -0.25) is 4.98 Å². The van der Waals surface area contributed by atoms with E-state index in [1.807, 2.05) is 24.0 Å². The third-order valence-corrected chi connectivity index (χ3v) is 4.39. The van der Waals surface area contributed by atoms with Crippen molar-refractivity contribution in [3.05, 3.63) is 29.6 Å². The van der Waals surface area contributed by atoms with Gasteiger partial charge in [0.15, 0.2) is 0 Å². The summed E-state index contributed by atoms with van der Waals surface area (Å²) in [6, 6.07) is 3.90. The van der Waals surface area contributed by atoms with Crippen molar-refractivity contribution in [2.24, 2.45) is 11.7 Å². The van der Waals surface area contributed by atoms with E-state index in [4.69, 9.17) is 5.73 Å². The molecule has 1 aliphatic carbocycles. The Morgan fingerprint density at radius 2 is 2.53 bits per heavy atom. The summed E-state index contributed by atoms with van der Waals surface area (Å²) in [6.07, 6.45) is 3.97. The van der Waals surface area contributed by atoms with E-state index < -0.39 is 0 Å². The second-order valence-electron chi connectivity index (χ2n) is 5.81. The van der Waals surface area contributed by atoms with Crippen molar-refractivity contribution in [3.8, 4) is 0 Å². The van der Waals surface area contributed by atoms with Crippen LogP contribution in [0, 0.1) is 12.8 Å². The van der Waals surface area contributed by atoms with Crippen molar-refractivity contribution >= 4 is 6.03 Å². The van der Waals surface area contributed by atoms with Crippen LogP contribution < -0.4 is 11.1 Å². The Bertz CT molecular complexity index is 504. The van der Waals surface area contributed by atoms with Gasteiger partial charge in [0.05, 0.1) is 0 Å². The zero-order valence-corrected chi connectivity index (χ0v) is 11.2. The molecule has 2 atom stereocenters. The van der Waals surface area contributed by atoms with Crippen molar-refractivity contribution in [2.75, 3.05) is 13.1 Å². The number of likely N-dealkylation sites (tertiary alicyclic amines) is 1. The number of nitrogens with zero attached hydrogens (tertiary/aromatic N) is 2. The van der Waals surface area contributed by atoms with Gasteiger partial charge in [-0.05, 0) is 43.4 Å². The van der Waals surface area contributed by atoms with E-state index in [9.17, 15) is 4.79 Å². The fourth-order valence-electron chi connectivity index (χ4n) is 3.04. The molecular formula is C14H20N4O. The molecule has 0 aromatic carbocycles. The first-order valence-electron chi connectivity index (χ1n) is 6.80. The summed E-state index contributed by atoms with van der Waals surface area (Å²) in [5, 5.41) is 2.96. The molecule has 5 nitrogen and oxygen atoms in total. The highest BCUT2D eigenvalue weighted by molar-refractivity contribution is 5.75. The van der Waals surface area contributed by atoms with Gasteiger partial charge < -0.3 is 16.0 Å². The molecule has 3 N–H and O–H groups in total. The lowest BCUT2D eigenvalue weighted by molar-refractivity contribution is 0.187. The number of amides is 2. The summed E-state index contributed by atoms with van der Waals surface area (Å²) in [4.78, 5) is 18.1. The fraction of sp³-hybridized carbons (Fsp3) is 0.571. The lowest BCUT2D eigenvalue weighted by atomic mass is 9.70. The van der Waals surface area contributed by atoms with Crippen LogP contribution in [-0.2, 0) is 6.54 Å². The third kappa shape index (κ3) is 2.30. The second-order valence-corrected chi connectivity index (χ2v) is 5.81. The minimum atomic E-state index is -0.107. The predicted octanol–water partition coefficient (Wildman–Crippen LogP) is 1.02. The quantitative estimate of drug-likeness (QED) is 0.834. The number of rotatable bonds is 2. The topological polar surface area (TPSA) is 71.2 Å². The highest BCUT2D eigenvalue weighted by Gasteiger charge is 2.51. The highest BCUT2D eigenvalue weighted by atomic mass is 16.2. The Hall–Kier alpha value is -1.62. The van der Waals surface area contributed by atoms with Crippen LogP contribution in [0.3, 0.4) is 0 Å². The number of aromatic nitrogens is 1. The van der Waals surface area contributed by atoms with Gasteiger partial charge in [0.2, 0.25) is 0 Å². The summed E-state index contributed by atoms with van der Waals surface area (Å²) in [6.45, 7) is 3.99. The molecule has 102 valence electrons. The van der Waals surface area contributed by atoms with Crippen LogP contribution in [0.5, 0.6) is 0 Å². The smallest absolute Gasteiger partial charge is 0.317 e. The number of nitrogens with one attached hydrogen (secondary N) is 1. The van der Waals surface area contributed by atoms with Gasteiger partial charge in [-0.15, -0.1) is 0 Å². The van der Waals surface area contributed by atoms with Crippen LogP contribution in [-0.4, -0.2) is 34.5 Å². The Labute approximate surface area is 113 Å². The standard InChI is InChI=1S/C14H20N4O/c1-10-6-11(3-5-16-10)7-17-13(19)18-8-12-2-4-14(12,15)9-18/h3,5-6,12H,2,4,7-9,15H2,1H3,(H,17,19)/t12-,14-/m0/s1. The van der Waals surface area contributed by atoms with Crippen LogP contribution in [0.25, 0.3) is 0 Å². The molecule has 1 saturated carbocycles. The maximum atomic E-state index is 12.1. The first-order chi connectivity index (χ1) is 9.07. The van der Waals surface area contributed by atoms with E-state index in [2.05, 4.69) is 10.3 Å². The van der Waals surface area contributed by atoms with Gasteiger partial charge >= 0.3 is 6.03 Å². The van der Waals surface area contributed by atoms with E-state index in [1.54, 1.807) is 6.20 Å². The number of hydrogen-bond donors (Lipinski definition) is 2. The van der Waals surface area contributed by atoms with E-state index in [0.29, 0.717) is 19.0 Å². The highest BCUT2D eigenvalue weighted by Crippen LogP contribution is 2.42. The van der Waals surface area contributed by atoms with Crippen molar-refractivity contribution in [2.45, 2.75) is 31.8 Å². The molecule has 1 saturated heterocycles. The van der Waals surface area contributed by atoms with Crippen molar-refractivity contribution in [1.82, 2.24) is 15.2 Å². The van der Waals surface area contributed by atoms with Gasteiger partial charge in [0, 0.05) is 37.1 Å². The zero-order valence-electron chi connectivity index (χ0n) is 11.2. The normalized spacial score (nSPS) is 28.7. The number of carbonyl (C=O) groups is 1. The van der Waals surface area contributed by atoms with Crippen LogP contribution in [0.2, 0.25) is 0 Å². The van der Waals surface area contributed by atoms with Crippen LogP contribution in [0.15, 0.2) is 18.3 Å². The molecule has 1 aromatic heterocycles. The van der Waals surface area contributed by atoms with Crippen LogP contribution >= 0.6 is 0 Å². The molecule has 0 radical (unpaired) electrons. The van der Waals surface area contributed by atoms with E-state index in [1.165, 1.54) is 0 Å². The summed E-state index contributed by atoms with van der Waals surface area (Å²) < 4.78 is 0.